The number of methoxy groups -OCH3 is 1. The van der Waals surface area contributed by atoms with Crippen molar-refractivity contribution in [1.82, 2.24) is 0 Å². The van der Waals surface area contributed by atoms with Crippen molar-refractivity contribution in [3.63, 3.8) is 0 Å². The van der Waals surface area contributed by atoms with Crippen LogP contribution < -0.4 is 10.4 Å². The van der Waals surface area contributed by atoms with Crippen LogP contribution in [0.4, 0.5) is 0 Å². The van der Waals surface area contributed by atoms with Gasteiger partial charge in [0, 0.05) is 26.4 Å². The van der Waals surface area contributed by atoms with E-state index in [1.807, 2.05) is 6.92 Å². The van der Waals surface area contributed by atoms with Crippen LogP contribution in [-0.4, -0.2) is 64.0 Å². The van der Waals surface area contributed by atoms with Crippen LogP contribution in [0, 0.1) is 23.7 Å². The third-order valence-corrected chi connectivity index (χ3v) is 16.4. The molecule has 8 atom stereocenters. The zero-order valence-corrected chi connectivity index (χ0v) is 34.4. The Morgan fingerprint density at radius 3 is 2.15 bits per heavy atom. The van der Waals surface area contributed by atoms with Crippen LogP contribution >= 0.6 is 0 Å². The number of hydrogen-bond donors (Lipinski definition) is 0. The summed E-state index contributed by atoms with van der Waals surface area (Å²) in [5.41, 5.74) is -0.547. The molecular weight excluding hydrogens is 669 g/mol. The maximum absolute atomic E-state index is 13.9. The van der Waals surface area contributed by atoms with E-state index in [0.29, 0.717) is 31.6 Å². The van der Waals surface area contributed by atoms with Crippen LogP contribution in [0.2, 0.25) is 5.04 Å². The Bertz CT molecular complexity index is 1380. The van der Waals surface area contributed by atoms with Gasteiger partial charge in [0.15, 0.2) is 0 Å². The Morgan fingerprint density at radius 1 is 1.04 bits per heavy atom. The van der Waals surface area contributed by atoms with Crippen molar-refractivity contribution in [1.29, 1.82) is 0 Å². The second-order valence-corrected chi connectivity index (χ2v) is 21.1. The minimum Gasteiger partial charge on any atom is -0.462 e. The number of Topliss-reactive ketones (excluding diaryl/α,β-unsaturated/α-hetero) is 1. The molecular formula is C44H66O7Si. The highest BCUT2D eigenvalue weighted by molar-refractivity contribution is 6.99. The second kappa shape index (κ2) is 18.6. The van der Waals surface area contributed by atoms with E-state index < -0.39 is 20.0 Å². The Hall–Kier alpha value is -2.62. The first kappa shape index (κ1) is 42.1. The van der Waals surface area contributed by atoms with Gasteiger partial charge in [-0.3, -0.25) is 9.59 Å². The van der Waals surface area contributed by atoms with Crippen LogP contribution in [-0.2, 0) is 33.0 Å². The molecule has 0 N–H and O–H groups in total. The fraction of sp³-hybridized carbons (Fsp3) is 0.636. The van der Waals surface area contributed by atoms with Gasteiger partial charge in [-0.15, -0.1) is 6.58 Å². The highest BCUT2D eigenvalue weighted by atomic mass is 28.4. The summed E-state index contributed by atoms with van der Waals surface area (Å²) in [5, 5.41) is 2.18. The smallest absolute Gasteiger partial charge is 0.309 e. The van der Waals surface area contributed by atoms with Crippen LogP contribution in [0.3, 0.4) is 0 Å². The lowest BCUT2D eigenvalue weighted by molar-refractivity contribution is -0.155. The monoisotopic (exact) mass is 734 g/mol. The molecule has 2 bridgehead atoms. The zero-order valence-electron chi connectivity index (χ0n) is 33.4. The summed E-state index contributed by atoms with van der Waals surface area (Å²) in [6, 6.07) is 21.4. The number of allylic oxidation sites excluding steroid dienone is 1. The van der Waals surface area contributed by atoms with Crippen molar-refractivity contribution in [2.24, 2.45) is 23.7 Å². The number of fused-ring (bicyclic) bond motifs is 2. The van der Waals surface area contributed by atoms with Gasteiger partial charge in [0.05, 0.1) is 29.8 Å². The molecule has 0 aromatic heterocycles. The lowest BCUT2D eigenvalue weighted by atomic mass is 9.69. The van der Waals surface area contributed by atoms with Crippen LogP contribution in [0.5, 0.6) is 0 Å². The first-order valence-electron chi connectivity index (χ1n) is 19.6. The van der Waals surface area contributed by atoms with Gasteiger partial charge in [0.1, 0.15) is 18.7 Å². The minimum atomic E-state index is -3.00. The fourth-order valence-electron chi connectivity index (χ4n) is 8.87. The van der Waals surface area contributed by atoms with E-state index in [9.17, 15) is 9.59 Å². The number of ketones is 1. The van der Waals surface area contributed by atoms with E-state index in [1.54, 1.807) is 13.2 Å². The lowest BCUT2D eigenvalue weighted by Crippen LogP contribution is -2.69. The van der Waals surface area contributed by atoms with Crippen LogP contribution in [0.1, 0.15) is 107 Å². The van der Waals surface area contributed by atoms with E-state index in [1.165, 1.54) is 10.4 Å². The molecule has 0 aliphatic carbocycles. The Labute approximate surface area is 315 Å². The number of rotatable bonds is 21. The van der Waals surface area contributed by atoms with E-state index in [-0.39, 0.29) is 66.1 Å². The highest BCUT2D eigenvalue weighted by Gasteiger charge is 2.60. The molecule has 0 amide bonds. The molecule has 2 fully saturated rings. The summed E-state index contributed by atoms with van der Waals surface area (Å²) < 4.78 is 32.9. The number of hydrogen-bond acceptors (Lipinski definition) is 7. The van der Waals surface area contributed by atoms with Gasteiger partial charge in [-0.2, -0.15) is 0 Å². The number of ether oxygens (including phenoxy) is 4. The van der Waals surface area contributed by atoms with Gasteiger partial charge in [-0.1, -0.05) is 129 Å². The van der Waals surface area contributed by atoms with Crippen molar-refractivity contribution in [2.45, 2.75) is 142 Å². The highest BCUT2D eigenvalue weighted by Crippen LogP contribution is 2.55. The van der Waals surface area contributed by atoms with Crippen molar-refractivity contribution in [3.05, 3.63) is 73.3 Å². The first-order valence-corrected chi connectivity index (χ1v) is 21.5. The normalized spacial score (nSPS) is 24.0. The predicted molar refractivity (Wildman–Crippen MR) is 211 cm³/mol. The van der Waals surface area contributed by atoms with Gasteiger partial charge in [0.2, 0.25) is 0 Å². The van der Waals surface area contributed by atoms with Crippen molar-refractivity contribution >= 4 is 30.4 Å². The van der Waals surface area contributed by atoms with Crippen molar-refractivity contribution in [3.8, 4) is 0 Å². The summed E-state index contributed by atoms with van der Waals surface area (Å²) in [6.07, 6.45) is 5.72. The van der Waals surface area contributed by atoms with E-state index >= 15 is 0 Å². The average molecular weight is 735 g/mol. The number of benzene rings is 2. The standard InChI is InChI=1S/C44H66O7Si/c1-11-19-32(5)42(46)49-36(20-12-2)27-35(45)25-34-26-39-33(6)28-44(34,50-39)29-40(41(31(3)4)48-30-47-10)51-52(43(7,8)9,37-21-15-13-16-22-37)38-23-17-14-18-24-38/h11,13-18,21-24,31-34,36,39-41H,1,12,19-20,25-30H2,2-10H3/t32-,33-,34+,36+,39-,40+,41-,44+/m0/s1. The molecule has 0 radical (unpaired) electrons. The van der Waals surface area contributed by atoms with E-state index in [0.717, 1.165) is 19.3 Å². The molecule has 2 aliphatic rings. The topological polar surface area (TPSA) is 80.3 Å². The average Bonchev–Trinajstić information content (AvgIpc) is 3.60. The van der Waals surface area contributed by atoms with E-state index in [4.69, 9.17) is 23.4 Å². The van der Waals surface area contributed by atoms with Gasteiger partial charge < -0.3 is 23.4 Å². The minimum absolute atomic E-state index is 0.0272. The molecule has 0 spiro atoms. The molecule has 0 saturated carbocycles. The maximum atomic E-state index is 13.9. The Balaban J connectivity index is 1.72. The predicted octanol–water partition coefficient (Wildman–Crippen LogP) is 8.42. The van der Waals surface area contributed by atoms with Gasteiger partial charge in [-0.05, 0) is 58.8 Å². The van der Waals surface area contributed by atoms with Crippen molar-refractivity contribution < 1.29 is 33.0 Å². The maximum Gasteiger partial charge on any atom is 0.309 e. The Kier molecular flexibility index (Phi) is 15.1. The summed E-state index contributed by atoms with van der Waals surface area (Å²) in [7, 11) is -1.34. The number of carbonyl (C=O) groups excluding carboxylic acids is 2. The molecule has 288 valence electrons. The van der Waals surface area contributed by atoms with E-state index in [2.05, 4.69) is 116 Å². The number of carbonyl (C=O) groups is 2. The molecule has 52 heavy (non-hydrogen) atoms. The van der Waals surface area contributed by atoms with Crippen LogP contribution in [0.25, 0.3) is 0 Å². The molecule has 8 heteroatoms. The molecule has 2 aliphatic heterocycles. The summed E-state index contributed by atoms with van der Waals surface area (Å²) >= 11 is 0. The largest absolute Gasteiger partial charge is 0.462 e. The molecule has 0 unspecified atom stereocenters. The molecule has 2 saturated heterocycles. The SMILES string of the molecule is C=CC[C@H](C)C(=O)O[C@H](CCC)CC(=O)C[C@@H]1C[C@@H]2O[C@@]1(C[C@@H](O[Si](c1ccccc1)(c1ccccc1)C(C)(C)C)[C@@H](OCOC)C(C)C)C[C@@H]2C. The van der Waals surface area contributed by atoms with Crippen molar-refractivity contribution in [2.75, 3.05) is 13.9 Å². The fourth-order valence-corrected chi connectivity index (χ4v) is 13.6. The molecule has 4 rings (SSSR count). The van der Waals surface area contributed by atoms with Gasteiger partial charge in [0.25, 0.3) is 8.32 Å². The summed E-state index contributed by atoms with van der Waals surface area (Å²) in [5.74, 6) is 0.100. The van der Waals surface area contributed by atoms with Gasteiger partial charge in [-0.25, -0.2) is 0 Å². The zero-order chi connectivity index (χ0) is 38.1. The molecule has 2 aromatic carbocycles. The van der Waals surface area contributed by atoms with Crippen LogP contribution in [0.15, 0.2) is 73.3 Å². The second-order valence-electron chi connectivity index (χ2n) is 16.9. The lowest BCUT2D eigenvalue weighted by Gasteiger charge is -2.48. The quantitative estimate of drug-likeness (QED) is 0.0552. The summed E-state index contributed by atoms with van der Waals surface area (Å²) in [4.78, 5) is 26.7. The molecule has 2 heterocycles. The third kappa shape index (κ3) is 9.72. The third-order valence-electron chi connectivity index (χ3n) is 11.4. The summed E-state index contributed by atoms with van der Waals surface area (Å²) in [6.45, 7) is 21.3. The van der Waals surface area contributed by atoms with Gasteiger partial charge >= 0.3 is 5.97 Å². The molecule has 2 aromatic rings. The first-order chi connectivity index (χ1) is 24.7. The Morgan fingerprint density at radius 2 is 1.65 bits per heavy atom. The number of esters is 1. The molecule has 7 nitrogen and oxygen atoms in total.